The maximum absolute atomic E-state index is 12.4. The quantitative estimate of drug-likeness (QED) is 0.631. The standard InChI is InChI=1S/C14H15ClO5/c1-8(16)20-14(2,3)12(17)10-6-5-9(15)7-11(10)13(18)19-4/h5-7H,1-4H3. The lowest BCUT2D eigenvalue weighted by Crippen LogP contribution is -2.37. The van der Waals surface area contributed by atoms with Gasteiger partial charge in [0.25, 0.3) is 0 Å². The van der Waals surface area contributed by atoms with Crippen LogP contribution in [0.25, 0.3) is 0 Å². The topological polar surface area (TPSA) is 69.7 Å². The average molecular weight is 299 g/mol. The molecule has 0 unspecified atom stereocenters. The first-order valence-electron chi connectivity index (χ1n) is 5.81. The van der Waals surface area contributed by atoms with Crippen LogP contribution in [-0.4, -0.2) is 30.4 Å². The van der Waals surface area contributed by atoms with Crippen LogP contribution in [0.15, 0.2) is 18.2 Å². The minimum atomic E-state index is -1.39. The molecular weight excluding hydrogens is 284 g/mol. The van der Waals surface area contributed by atoms with Crippen molar-refractivity contribution in [3.63, 3.8) is 0 Å². The second kappa shape index (κ2) is 6.05. The number of ketones is 1. The smallest absolute Gasteiger partial charge is 0.338 e. The Morgan fingerprint density at radius 1 is 1.15 bits per heavy atom. The number of esters is 2. The molecule has 0 heterocycles. The fourth-order valence-corrected chi connectivity index (χ4v) is 1.90. The van der Waals surface area contributed by atoms with Crippen LogP contribution >= 0.6 is 11.6 Å². The Kier molecular flexibility index (Phi) is 4.89. The molecule has 0 fully saturated rings. The molecule has 0 spiro atoms. The molecule has 1 aromatic rings. The first-order valence-corrected chi connectivity index (χ1v) is 6.19. The van der Waals surface area contributed by atoms with E-state index in [1.54, 1.807) is 0 Å². The molecule has 0 bridgehead atoms. The molecule has 5 nitrogen and oxygen atoms in total. The van der Waals surface area contributed by atoms with Gasteiger partial charge in [0.1, 0.15) is 0 Å². The molecule has 20 heavy (non-hydrogen) atoms. The number of methoxy groups -OCH3 is 1. The Morgan fingerprint density at radius 2 is 1.75 bits per heavy atom. The summed E-state index contributed by atoms with van der Waals surface area (Å²) in [5.74, 6) is -1.78. The lowest BCUT2D eigenvalue weighted by molar-refractivity contribution is -0.149. The molecule has 0 saturated heterocycles. The lowest BCUT2D eigenvalue weighted by atomic mass is 9.93. The molecule has 0 saturated carbocycles. The van der Waals surface area contributed by atoms with Crippen LogP contribution in [-0.2, 0) is 14.3 Å². The summed E-state index contributed by atoms with van der Waals surface area (Å²) in [6, 6.07) is 4.22. The Balaban J connectivity index is 3.29. The summed E-state index contributed by atoms with van der Waals surface area (Å²) in [7, 11) is 1.20. The van der Waals surface area contributed by atoms with Gasteiger partial charge < -0.3 is 9.47 Å². The van der Waals surface area contributed by atoms with Crippen LogP contribution < -0.4 is 0 Å². The Hall–Kier alpha value is -1.88. The molecule has 1 rings (SSSR count). The van der Waals surface area contributed by atoms with Gasteiger partial charge in [-0.1, -0.05) is 11.6 Å². The van der Waals surface area contributed by atoms with Crippen LogP contribution in [0.4, 0.5) is 0 Å². The fraction of sp³-hybridized carbons (Fsp3) is 0.357. The molecule has 0 aromatic heterocycles. The summed E-state index contributed by atoms with van der Waals surface area (Å²) in [5.41, 5.74) is -1.26. The molecule has 108 valence electrons. The van der Waals surface area contributed by atoms with Gasteiger partial charge in [-0.25, -0.2) is 4.79 Å². The third-order valence-corrected chi connectivity index (χ3v) is 2.81. The summed E-state index contributed by atoms with van der Waals surface area (Å²) < 4.78 is 9.60. The number of ether oxygens (including phenoxy) is 2. The summed E-state index contributed by atoms with van der Waals surface area (Å²) in [6.07, 6.45) is 0. The van der Waals surface area contributed by atoms with Crippen molar-refractivity contribution in [1.29, 1.82) is 0 Å². The van der Waals surface area contributed by atoms with Crippen molar-refractivity contribution in [2.24, 2.45) is 0 Å². The highest BCUT2D eigenvalue weighted by atomic mass is 35.5. The molecule has 0 atom stereocenters. The SMILES string of the molecule is COC(=O)c1cc(Cl)ccc1C(=O)C(C)(C)OC(C)=O. The van der Waals surface area contributed by atoms with Gasteiger partial charge in [-0.15, -0.1) is 0 Å². The van der Waals surface area contributed by atoms with E-state index in [0.29, 0.717) is 5.02 Å². The zero-order valence-electron chi connectivity index (χ0n) is 11.7. The summed E-state index contributed by atoms with van der Waals surface area (Å²) in [5, 5.41) is 0.298. The number of hydrogen-bond donors (Lipinski definition) is 0. The van der Waals surface area contributed by atoms with Crippen LogP contribution in [0.3, 0.4) is 0 Å². The van der Waals surface area contributed by atoms with Crippen LogP contribution in [0, 0.1) is 0 Å². The number of Topliss-reactive ketones (excluding diaryl/α,β-unsaturated/α-hetero) is 1. The van der Waals surface area contributed by atoms with E-state index < -0.39 is 23.3 Å². The van der Waals surface area contributed by atoms with Gasteiger partial charge in [-0.2, -0.15) is 0 Å². The van der Waals surface area contributed by atoms with Crippen LogP contribution in [0.2, 0.25) is 5.02 Å². The largest absolute Gasteiger partial charge is 0.465 e. The number of hydrogen-bond acceptors (Lipinski definition) is 5. The van der Waals surface area contributed by atoms with Crippen LogP contribution in [0.5, 0.6) is 0 Å². The highest BCUT2D eigenvalue weighted by Gasteiger charge is 2.34. The van der Waals surface area contributed by atoms with Gasteiger partial charge in [0.2, 0.25) is 5.78 Å². The predicted molar refractivity (Wildman–Crippen MR) is 73.0 cm³/mol. The van der Waals surface area contributed by atoms with Crippen molar-refractivity contribution in [1.82, 2.24) is 0 Å². The van der Waals surface area contributed by atoms with Crippen molar-refractivity contribution in [3.05, 3.63) is 34.3 Å². The zero-order chi connectivity index (χ0) is 15.5. The molecular formula is C14H15ClO5. The van der Waals surface area contributed by atoms with Crippen molar-refractivity contribution >= 4 is 29.3 Å². The fourth-order valence-electron chi connectivity index (χ4n) is 1.72. The first-order chi connectivity index (χ1) is 9.19. The number of carbonyl (C=O) groups is 3. The van der Waals surface area contributed by atoms with Gasteiger partial charge in [0, 0.05) is 17.5 Å². The van der Waals surface area contributed by atoms with Crippen molar-refractivity contribution in [3.8, 4) is 0 Å². The molecule has 0 radical (unpaired) electrons. The maximum Gasteiger partial charge on any atom is 0.338 e. The Bertz CT molecular complexity index is 563. The second-order valence-corrected chi connectivity index (χ2v) is 5.05. The molecule has 0 N–H and O–H groups in total. The number of halogens is 1. The van der Waals surface area contributed by atoms with E-state index in [1.807, 2.05) is 0 Å². The number of rotatable bonds is 4. The molecule has 0 aliphatic carbocycles. The van der Waals surface area contributed by atoms with Crippen molar-refractivity contribution in [2.75, 3.05) is 7.11 Å². The normalized spacial score (nSPS) is 10.8. The Labute approximate surface area is 121 Å². The van der Waals surface area contributed by atoms with Crippen molar-refractivity contribution < 1.29 is 23.9 Å². The van der Waals surface area contributed by atoms with Gasteiger partial charge >= 0.3 is 11.9 Å². The average Bonchev–Trinajstić information content (AvgIpc) is 2.35. The zero-order valence-corrected chi connectivity index (χ0v) is 12.4. The minimum absolute atomic E-state index is 0.0326. The molecule has 1 aromatic carbocycles. The van der Waals surface area contributed by atoms with Gasteiger partial charge in [0.15, 0.2) is 5.60 Å². The predicted octanol–water partition coefficient (Wildman–Crippen LogP) is 2.65. The molecule has 0 aliphatic heterocycles. The van der Waals surface area contributed by atoms with Gasteiger partial charge in [-0.05, 0) is 32.0 Å². The summed E-state index contributed by atoms with van der Waals surface area (Å²) >= 11 is 5.82. The third kappa shape index (κ3) is 3.57. The second-order valence-electron chi connectivity index (χ2n) is 4.61. The number of benzene rings is 1. The van der Waals surface area contributed by atoms with E-state index >= 15 is 0 Å². The highest BCUT2D eigenvalue weighted by Crippen LogP contribution is 2.23. The molecule has 0 aliphatic rings. The lowest BCUT2D eigenvalue weighted by Gasteiger charge is -2.23. The monoisotopic (exact) mass is 298 g/mol. The van der Waals surface area contributed by atoms with E-state index in [1.165, 1.54) is 46.1 Å². The number of carbonyl (C=O) groups excluding carboxylic acids is 3. The van der Waals surface area contributed by atoms with E-state index in [2.05, 4.69) is 4.74 Å². The van der Waals surface area contributed by atoms with E-state index in [9.17, 15) is 14.4 Å². The first kappa shape index (κ1) is 16.2. The van der Waals surface area contributed by atoms with Crippen molar-refractivity contribution in [2.45, 2.75) is 26.4 Å². The summed E-state index contributed by atoms with van der Waals surface area (Å²) in [6.45, 7) is 4.11. The molecule has 0 amide bonds. The minimum Gasteiger partial charge on any atom is -0.465 e. The van der Waals surface area contributed by atoms with Gasteiger partial charge in [0.05, 0.1) is 12.7 Å². The molecule has 6 heteroatoms. The van der Waals surface area contributed by atoms with E-state index in [0.717, 1.165) is 0 Å². The van der Waals surface area contributed by atoms with Crippen LogP contribution in [0.1, 0.15) is 41.5 Å². The third-order valence-electron chi connectivity index (χ3n) is 2.58. The highest BCUT2D eigenvalue weighted by molar-refractivity contribution is 6.31. The summed E-state index contributed by atoms with van der Waals surface area (Å²) in [4.78, 5) is 35.2. The Morgan fingerprint density at radius 3 is 2.25 bits per heavy atom. The maximum atomic E-state index is 12.4. The van der Waals surface area contributed by atoms with E-state index in [-0.39, 0.29) is 11.1 Å². The van der Waals surface area contributed by atoms with E-state index in [4.69, 9.17) is 16.3 Å². The van der Waals surface area contributed by atoms with Gasteiger partial charge in [-0.3, -0.25) is 9.59 Å².